The summed E-state index contributed by atoms with van der Waals surface area (Å²) in [6.07, 6.45) is 4.68. The molecule has 3 rings (SSSR count). The second kappa shape index (κ2) is 12.2. The van der Waals surface area contributed by atoms with E-state index in [9.17, 15) is 9.18 Å². The first-order valence-electron chi connectivity index (χ1n) is 10.8. The van der Waals surface area contributed by atoms with E-state index in [-0.39, 0.29) is 11.7 Å². The molecule has 1 heterocycles. The van der Waals surface area contributed by atoms with Crippen LogP contribution in [0.2, 0.25) is 0 Å². The van der Waals surface area contributed by atoms with Crippen molar-refractivity contribution in [3.63, 3.8) is 0 Å². The van der Waals surface area contributed by atoms with E-state index < -0.39 is 0 Å². The van der Waals surface area contributed by atoms with Gasteiger partial charge in [0.1, 0.15) is 11.6 Å². The lowest BCUT2D eigenvalue weighted by atomic mass is 10.1. The first-order valence-corrected chi connectivity index (χ1v) is 11.8. The van der Waals surface area contributed by atoms with Crippen molar-refractivity contribution in [3.8, 4) is 0 Å². The Hall–Kier alpha value is -2.93. The molecule has 1 amide bonds. The number of aryl methyl sites for hydroxylation is 2. The fraction of sp³-hybridized carbons (Fsp3) is 0.320. The van der Waals surface area contributed by atoms with E-state index in [1.807, 2.05) is 6.08 Å². The Morgan fingerprint density at radius 1 is 1.16 bits per heavy atom. The predicted molar refractivity (Wildman–Crippen MR) is 127 cm³/mol. The number of rotatable bonds is 12. The second-order valence-electron chi connectivity index (χ2n) is 7.69. The Bertz CT molecular complexity index is 1030. The summed E-state index contributed by atoms with van der Waals surface area (Å²) in [5.74, 6) is 1.48. The smallest absolute Gasteiger partial charge is 0.220 e. The number of amides is 1. The van der Waals surface area contributed by atoms with Gasteiger partial charge in [-0.2, -0.15) is 0 Å². The van der Waals surface area contributed by atoms with Crippen LogP contribution >= 0.6 is 11.8 Å². The molecule has 0 atom stereocenters. The third-order valence-corrected chi connectivity index (χ3v) is 6.05. The highest BCUT2D eigenvalue weighted by molar-refractivity contribution is 7.98. The maximum Gasteiger partial charge on any atom is 0.220 e. The summed E-state index contributed by atoms with van der Waals surface area (Å²) >= 11 is 1.67. The van der Waals surface area contributed by atoms with E-state index in [2.05, 4.69) is 57.8 Å². The molecule has 0 saturated carbocycles. The zero-order chi connectivity index (χ0) is 22.8. The lowest BCUT2D eigenvalue weighted by molar-refractivity contribution is -0.121. The SMILES string of the molecule is C=CCn1c(CCCCC(=O)NCc2ccc(F)cc2)nnc1SCc1cccc(C)c1. The highest BCUT2D eigenvalue weighted by Gasteiger charge is 2.12. The van der Waals surface area contributed by atoms with Crippen molar-refractivity contribution < 1.29 is 9.18 Å². The quantitative estimate of drug-likeness (QED) is 0.232. The number of carbonyl (C=O) groups excluding carboxylic acids is 1. The van der Waals surface area contributed by atoms with Gasteiger partial charge in [0.15, 0.2) is 5.16 Å². The summed E-state index contributed by atoms with van der Waals surface area (Å²) in [4.78, 5) is 12.1. The van der Waals surface area contributed by atoms with Crippen molar-refractivity contribution in [2.24, 2.45) is 0 Å². The number of carbonyl (C=O) groups is 1. The zero-order valence-electron chi connectivity index (χ0n) is 18.4. The maximum absolute atomic E-state index is 12.9. The van der Waals surface area contributed by atoms with Crippen LogP contribution in [-0.4, -0.2) is 20.7 Å². The van der Waals surface area contributed by atoms with E-state index in [0.717, 1.165) is 41.6 Å². The van der Waals surface area contributed by atoms with Crippen LogP contribution in [0.5, 0.6) is 0 Å². The molecule has 7 heteroatoms. The Kier molecular flexibility index (Phi) is 9.04. The highest BCUT2D eigenvalue weighted by atomic mass is 32.2. The Balaban J connectivity index is 1.44. The number of thioether (sulfide) groups is 1. The van der Waals surface area contributed by atoms with E-state index >= 15 is 0 Å². The Morgan fingerprint density at radius 3 is 2.72 bits per heavy atom. The van der Waals surface area contributed by atoms with Gasteiger partial charge in [0, 0.05) is 31.7 Å². The van der Waals surface area contributed by atoms with Crippen molar-refractivity contribution in [1.82, 2.24) is 20.1 Å². The fourth-order valence-corrected chi connectivity index (χ4v) is 4.24. The molecule has 0 unspecified atom stereocenters. The number of hydrogen-bond donors (Lipinski definition) is 1. The van der Waals surface area contributed by atoms with Crippen molar-refractivity contribution in [2.75, 3.05) is 0 Å². The van der Waals surface area contributed by atoms with Crippen LogP contribution in [0.15, 0.2) is 66.3 Å². The summed E-state index contributed by atoms with van der Waals surface area (Å²) in [6, 6.07) is 14.6. The first-order chi connectivity index (χ1) is 15.5. The van der Waals surface area contributed by atoms with Gasteiger partial charge in [0.2, 0.25) is 5.91 Å². The average Bonchev–Trinajstić information content (AvgIpc) is 3.17. The second-order valence-corrected chi connectivity index (χ2v) is 8.63. The number of halogens is 1. The molecular weight excluding hydrogens is 423 g/mol. The van der Waals surface area contributed by atoms with Gasteiger partial charge in [0.05, 0.1) is 0 Å². The minimum Gasteiger partial charge on any atom is -0.352 e. The van der Waals surface area contributed by atoms with Crippen molar-refractivity contribution in [3.05, 3.63) is 89.5 Å². The largest absolute Gasteiger partial charge is 0.352 e. The van der Waals surface area contributed by atoms with Crippen LogP contribution in [0, 0.1) is 12.7 Å². The summed E-state index contributed by atoms with van der Waals surface area (Å²) in [5, 5.41) is 12.5. The van der Waals surface area contributed by atoms with Crippen molar-refractivity contribution in [1.29, 1.82) is 0 Å². The number of allylic oxidation sites excluding steroid dienone is 1. The zero-order valence-corrected chi connectivity index (χ0v) is 19.2. The molecule has 5 nitrogen and oxygen atoms in total. The van der Waals surface area contributed by atoms with Gasteiger partial charge in [-0.25, -0.2) is 4.39 Å². The number of nitrogens with zero attached hydrogens (tertiary/aromatic N) is 3. The summed E-state index contributed by atoms with van der Waals surface area (Å²) in [7, 11) is 0. The molecule has 2 aromatic carbocycles. The molecule has 0 aliphatic heterocycles. The van der Waals surface area contributed by atoms with Crippen molar-refractivity contribution >= 4 is 17.7 Å². The van der Waals surface area contributed by atoms with E-state index in [1.165, 1.54) is 23.3 Å². The first kappa shape index (κ1) is 23.7. The third-order valence-electron chi connectivity index (χ3n) is 5.01. The van der Waals surface area contributed by atoms with Gasteiger partial charge < -0.3 is 9.88 Å². The predicted octanol–water partition coefficient (Wildman–Crippen LogP) is 5.23. The van der Waals surface area contributed by atoms with Gasteiger partial charge in [0.25, 0.3) is 0 Å². The van der Waals surface area contributed by atoms with E-state index in [0.29, 0.717) is 19.5 Å². The topological polar surface area (TPSA) is 59.8 Å². The number of hydrogen-bond acceptors (Lipinski definition) is 4. The average molecular weight is 453 g/mol. The van der Waals surface area contributed by atoms with Gasteiger partial charge in [-0.1, -0.05) is 59.8 Å². The molecule has 1 N–H and O–H groups in total. The minimum absolute atomic E-state index is 0.00344. The molecule has 168 valence electrons. The monoisotopic (exact) mass is 452 g/mol. The molecule has 0 aliphatic rings. The molecule has 0 radical (unpaired) electrons. The molecule has 32 heavy (non-hydrogen) atoms. The highest BCUT2D eigenvalue weighted by Crippen LogP contribution is 2.23. The van der Waals surface area contributed by atoms with Crippen LogP contribution in [0.4, 0.5) is 4.39 Å². The van der Waals surface area contributed by atoms with Gasteiger partial charge in [-0.3, -0.25) is 4.79 Å². The molecule has 0 saturated heterocycles. The molecule has 0 bridgehead atoms. The van der Waals surface area contributed by atoms with Gasteiger partial charge in [-0.15, -0.1) is 16.8 Å². The number of unbranched alkanes of at least 4 members (excludes halogenated alkanes) is 1. The molecule has 1 aromatic heterocycles. The number of nitrogens with one attached hydrogen (secondary N) is 1. The fourth-order valence-electron chi connectivity index (χ4n) is 3.33. The normalized spacial score (nSPS) is 10.8. The van der Waals surface area contributed by atoms with Crippen LogP contribution < -0.4 is 5.32 Å². The molecule has 0 spiro atoms. The number of benzene rings is 2. The lowest BCUT2D eigenvalue weighted by Crippen LogP contribution is -2.22. The van der Waals surface area contributed by atoms with Crippen LogP contribution in [0.3, 0.4) is 0 Å². The summed E-state index contributed by atoms with van der Waals surface area (Å²) in [6.45, 7) is 7.03. The number of aromatic nitrogens is 3. The molecule has 3 aromatic rings. The maximum atomic E-state index is 12.9. The van der Waals surface area contributed by atoms with Crippen molar-refractivity contribution in [2.45, 2.75) is 56.6 Å². The Morgan fingerprint density at radius 2 is 1.97 bits per heavy atom. The van der Waals surface area contributed by atoms with Gasteiger partial charge in [-0.05, 0) is 43.0 Å². The lowest BCUT2D eigenvalue weighted by Gasteiger charge is -2.08. The summed E-state index contributed by atoms with van der Waals surface area (Å²) < 4.78 is 15.0. The molecule has 0 aliphatic carbocycles. The standard InChI is InChI=1S/C25H29FN4OS/c1-3-15-30-23(28-29-25(30)32-18-21-8-6-7-19(2)16-21)9-4-5-10-24(31)27-17-20-11-13-22(26)14-12-20/h3,6-8,11-14,16H,1,4-5,9-10,15,17-18H2,2H3,(H,27,31). The van der Waals surface area contributed by atoms with Crippen LogP contribution in [0.25, 0.3) is 0 Å². The van der Waals surface area contributed by atoms with Crippen LogP contribution in [0.1, 0.15) is 41.8 Å². The Labute approximate surface area is 193 Å². The van der Waals surface area contributed by atoms with E-state index in [4.69, 9.17) is 0 Å². The summed E-state index contributed by atoms with van der Waals surface area (Å²) in [5.41, 5.74) is 3.39. The van der Waals surface area contributed by atoms with E-state index in [1.54, 1.807) is 23.9 Å². The molecule has 0 fully saturated rings. The van der Waals surface area contributed by atoms with Crippen LogP contribution in [-0.2, 0) is 30.1 Å². The molecular formula is C25H29FN4OS. The minimum atomic E-state index is -0.277. The third kappa shape index (κ3) is 7.34. The van der Waals surface area contributed by atoms with Gasteiger partial charge >= 0.3 is 0 Å².